The number of pyridine rings is 1. The lowest BCUT2D eigenvalue weighted by Crippen LogP contribution is -2.26. The van der Waals surface area contributed by atoms with Crippen molar-refractivity contribution in [2.24, 2.45) is 0 Å². The summed E-state index contributed by atoms with van der Waals surface area (Å²) in [4.78, 5) is 6.52. The first-order chi connectivity index (χ1) is 7.81. The van der Waals surface area contributed by atoms with Crippen molar-refractivity contribution in [3.8, 4) is 5.88 Å². The predicted octanol–water partition coefficient (Wildman–Crippen LogP) is 2.29. The zero-order valence-corrected chi connectivity index (χ0v) is 10.3. The lowest BCUT2D eigenvalue weighted by molar-refractivity contribution is 0.225. The fourth-order valence-corrected chi connectivity index (χ4v) is 1.84. The highest BCUT2D eigenvalue weighted by Gasteiger charge is 2.25. The third kappa shape index (κ3) is 3.09. The molecule has 2 rings (SSSR count). The number of hydrogen-bond acceptors (Lipinski definition) is 3. The van der Waals surface area contributed by atoms with Crippen molar-refractivity contribution >= 4 is 11.6 Å². The van der Waals surface area contributed by atoms with E-state index in [4.69, 9.17) is 16.3 Å². The Bertz CT molecular complexity index is 342. The zero-order valence-electron chi connectivity index (χ0n) is 9.53. The van der Waals surface area contributed by atoms with Crippen molar-refractivity contribution in [3.63, 3.8) is 0 Å². The maximum Gasteiger partial charge on any atom is 0.217 e. The molecule has 1 aliphatic rings. The second-order valence-electron chi connectivity index (χ2n) is 4.16. The summed E-state index contributed by atoms with van der Waals surface area (Å²) in [5, 5.41) is 0. The molecule has 0 amide bonds. The Morgan fingerprint density at radius 2 is 2.38 bits per heavy atom. The second-order valence-corrected chi connectivity index (χ2v) is 4.43. The number of alkyl halides is 1. The number of nitrogens with zero attached hydrogens (tertiary/aromatic N) is 2. The van der Waals surface area contributed by atoms with E-state index in [1.807, 2.05) is 12.1 Å². The summed E-state index contributed by atoms with van der Waals surface area (Å²) in [6.45, 7) is 1.62. The SMILES string of the molecule is CN(CCOc1ncccc1CCl)C1CC1. The lowest BCUT2D eigenvalue weighted by atomic mass is 10.3. The molecule has 0 N–H and O–H groups in total. The fourth-order valence-electron chi connectivity index (χ4n) is 1.64. The van der Waals surface area contributed by atoms with Gasteiger partial charge in [-0.1, -0.05) is 6.07 Å². The molecule has 1 aromatic rings. The first-order valence-corrected chi connectivity index (χ1v) is 6.17. The highest BCUT2D eigenvalue weighted by atomic mass is 35.5. The minimum absolute atomic E-state index is 0.446. The standard InChI is InChI=1S/C12H17ClN2O/c1-15(11-4-5-11)7-8-16-12-10(9-13)3-2-6-14-12/h2-3,6,11H,4-5,7-9H2,1H3. The van der Waals surface area contributed by atoms with Gasteiger partial charge in [0.25, 0.3) is 0 Å². The van der Waals surface area contributed by atoms with Crippen LogP contribution in [0, 0.1) is 0 Å². The van der Waals surface area contributed by atoms with Gasteiger partial charge in [0.1, 0.15) is 6.61 Å². The van der Waals surface area contributed by atoms with Crippen LogP contribution in [-0.2, 0) is 5.88 Å². The van der Waals surface area contributed by atoms with Gasteiger partial charge in [-0.15, -0.1) is 11.6 Å². The number of ether oxygens (including phenoxy) is 1. The number of rotatable bonds is 6. The van der Waals surface area contributed by atoms with E-state index < -0.39 is 0 Å². The Morgan fingerprint density at radius 1 is 1.56 bits per heavy atom. The molecular weight excluding hydrogens is 224 g/mol. The fraction of sp³-hybridized carbons (Fsp3) is 0.583. The van der Waals surface area contributed by atoms with E-state index in [0.717, 1.165) is 18.2 Å². The topological polar surface area (TPSA) is 25.4 Å². The summed E-state index contributed by atoms with van der Waals surface area (Å²) in [5.41, 5.74) is 0.957. The predicted molar refractivity (Wildman–Crippen MR) is 64.9 cm³/mol. The Hall–Kier alpha value is -0.800. The summed E-state index contributed by atoms with van der Waals surface area (Å²) in [6, 6.07) is 4.60. The maximum absolute atomic E-state index is 5.80. The van der Waals surface area contributed by atoms with Gasteiger partial charge in [-0.05, 0) is 26.0 Å². The van der Waals surface area contributed by atoms with Crippen LogP contribution in [-0.4, -0.2) is 36.1 Å². The molecule has 0 unspecified atom stereocenters. The molecule has 1 aliphatic carbocycles. The third-order valence-corrected chi connectivity index (χ3v) is 3.13. The largest absolute Gasteiger partial charge is 0.476 e. The Labute approximate surface area is 101 Å². The van der Waals surface area contributed by atoms with Crippen molar-refractivity contribution in [1.82, 2.24) is 9.88 Å². The molecule has 1 aromatic heterocycles. The van der Waals surface area contributed by atoms with Crippen molar-refractivity contribution in [2.75, 3.05) is 20.2 Å². The molecule has 16 heavy (non-hydrogen) atoms. The van der Waals surface area contributed by atoms with Crippen LogP contribution in [0.15, 0.2) is 18.3 Å². The maximum atomic E-state index is 5.80. The van der Waals surface area contributed by atoms with E-state index in [0.29, 0.717) is 18.4 Å². The van der Waals surface area contributed by atoms with Crippen molar-refractivity contribution in [3.05, 3.63) is 23.9 Å². The average Bonchev–Trinajstić information content (AvgIpc) is 3.13. The summed E-state index contributed by atoms with van der Waals surface area (Å²) in [5.74, 6) is 1.11. The molecule has 88 valence electrons. The van der Waals surface area contributed by atoms with E-state index >= 15 is 0 Å². The minimum Gasteiger partial charge on any atom is -0.476 e. The summed E-state index contributed by atoms with van der Waals surface area (Å²) >= 11 is 5.80. The van der Waals surface area contributed by atoms with E-state index in [1.54, 1.807) is 6.20 Å². The summed E-state index contributed by atoms with van der Waals surface area (Å²) < 4.78 is 5.64. The van der Waals surface area contributed by atoms with E-state index in [1.165, 1.54) is 12.8 Å². The molecule has 1 fully saturated rings. The number of halogens is 1. The van der Waals surface area contributed by atoms with Gasteiger partial charge in [0, 0.05) is 24.3 Å². The molecule has 4 heteroatoms. The lowest BCUT2D eigenvalue weighted by Gasteiger charge is -2.16. The number of hydrogen-bond donors (Lipinski definition) is 0. The summed E-state index contributed by atoms with van der Waals surface area (Å²) in [7, 11) is 2.14. The molecule has 0 atom stereocenters. The van der Waals surface area contributed by atoms with Crippen LogP contribution in [0.2, 0.25) is 0 Å². The van der Waals surface area contributed by atoms with Crippen molar-refractivity contribution in [2.45, 2.75) is 24.8 Å². The molecule has 0 radical (unpaired) electrons. The van der Waals surface area contributed by atoms with Crippen LogP contribution in [0.25, 0.3) is 0 Å². The monoisotopic (exact) mass is 240 g/mol. The highest BCUT2D eigenvalue weighted by Crippen LogP contribution is 2.25. The third-order valence-electron chi connectivity index (χ3n) is 2.85. The van der Waals surface area contributed by atoms with Crippen molar-refractivity contribution in [1.29, 1.82) is 0 Å². The first kappa shape index (κ1) is 11.7. The molecule has 0 aliphatic heterocycles. The molecule has 1 heterocycles. The van der Waals surface area contributed by atoms with Crippen LogP contribution >= 0.6 is 11.6 Å². The second kappa shape index (κ2) is 5.51. The molecular formula is C12H17ClN2O. The van der Waals surface area contributed by atoms with Crippen LogP contribution < -0.4 is 4.74 Å². The normalized spacial score (nSPS) is 15.4. The van der Waals surface area contributed by atoms with E-state index in [9.17, 15) is 0 Å². The van der Waals surface area contributed by atoms with E-state index in [2.05, 4.69) is 16.9 Å². The molecule has 0 spiro atoms. The molecule has 0 bridgehead atoms. The van der Waals surface area contributed by atoms with Gasteiger partial charge in [-0.3, -0.25) is 0 Å². The highest BCUT2D eigenvalue weighted by molar-refractivity contribution is 6.17. The Balaban J connectivity index is 1.79. The number of likely N-dealkylation sites (N-methyl/N-ethyl adjacent to an activating group) is 1. The van der Waals surface area contributed by atoms with Gasteiger partial charge in [0.2, 0.25) is 5.88 Å². The quantitative estimate of drug-likeness (QED) is 0.714. The van der Waals surface area contributed by atoms with Crippen LogP contribution in [0.3, 0.4) is 0 Å². The van der Waals surface area contributed by atoms with Crippen molar-refractivity contribution < 1.29 is 4.74 Å². The van der Waals surface area contributed by atoms with Gasteiger partial charge >= 0.3 is 0 Å². The van der Waals surface area contributed by atoms with E-state index in [-0.39, 0.29) is 0 Å². The number of aromatic nitrogens is 1. The minimum atomic E-state index is 0.446. The average molecular weight is 241 g/mol. The smallest absolute Gasteiger partial charge is 0.217 e. The van der Waals surface area contributed by atoms with Gasteiger partial charge in [0.15, 0.2) is 0 Å². The van der Waals surface area contributed by atoms with Crippen LogP contribution in [0.1, 0.15) is 18.4 Å². The van der Waals surface area contributed by atoms with Gasteiger partial charge < -0.3 is 9.64 Å². The zero-order chi connectivity index (χ0) is 11.4. The Morgan fingerprint density at radius 3 is 3.06 bits per heavy atom. The molecule has 3 nitrogen and oxygen atoms in total. The molecule has 0 aromatic carbocycles. The van der Waals surface area contributed by atoms with Gasteiger partial charge in [-0.2, -0.15) is 0 Å². The van der Waals surface area contributed by atoms with Gasteiger partial charge in [-0.25, -0.2) is 4.98 Å². The first-order valence-electron chi connectivity index (χ1n) is 5.64. The molecule has 1 saturated carbocycles. The van der Waals surface area contributed by atoms with Crippen LogP contribution in [0.4, 0.5) is 0 Å². The van der Waals surface area contributed by atoms with Crippen LogP contribution in [0.5, 0.6) is 5.88 Å². The Kier molecular flexibility index (Phi) is 4.02. The van der Waals surface area contributed by atoms with Gasteiger partial charge in [0.05, 0.1) is 5.88 Å². The molecule has 0 saturated heterocycles. The summed E-state index contributed by atoms with van der Waals surface area (Å²) in [6.07, 6.45) is 4.38.